The average Bonchev–Trinajstić information content (AvgIpc) is 2.28. The van der Waals surface area contributed by atoms with Crippen molar-refractivity contribution in [3.63, 3.8) is 0 Å². The van der Waals surface area contributed by atoms with Crippen molar-refractivity contribution >= 4 is 11.6 Å². The smallest absolute Gasteiger partial charge is 0.119 e. The fourth-order valence-electron chi connectivity index (χ4n) is 1.64. The molecule has 1 unspecified atom stereocenters. The highest BCUT2D eigenvalue weighted by Gasteiger charge is 2.12. The SMILES string of the molecule is CCNC(COc1ccc(Cl)c(C)c1)C(C)C. The average molecular weight is 256 g/mol. The van der Waals surface area contributed by atoms with Crippen LogP contribution in [0, 0.1) is 12.8 Å². The van der Waals surface area contributed by atoms with Gasteiger partial charge in [-0.2, -0.15) is 0 Å². The van der Waals surface area contributed by atoms with Crippen molar-refractivity contribution in [1.29, 1.82) is 0 Å². The van der Waals surface area contributed by atoms with Crippen molar-refractivity contribution in [3.05, 3.63) is 28.8 Å². The summed E-state index contributed by atoms with van der Waals surface area (Å²) in [5.41, 5.74) is 1.05. The van der Waals surface area contributed by atoms with Crippen molar-refractivity contribution in [2.45, 2.75) is 33.7 Å². The first-order chi connectivity index (χ1) is 8.04. The maximum absolute atomic E-state index is 5.98. The van der Waals surface area contributed by atoms with E-state index in [4.69, 9.17) is 16.3 Å². The number of hydrogen-bond acceptors (Lipinski definition) is 2. The molecule has 96 valence electrons. The molecule has 1 atom stereocenters. The van der Waals surface area contributed by atoms with Crippen LogP contribution in [-0.4, -0.2) is 19.2 Å². The molecular weight excluding hydrogens is 234 g/mol. The van der Waals surface area contributed by atoms with Crippen LogP contribution in [0.3, 0.4) is 0 Å². The molecular formula is C14H22ClNO. The van der Waals surface area contributed by atoms with E-state index in [-0.39, 0.29) is 0 Å². The molecule has 0 aliphatic carbocycles. The van der Waals surface area contributed by atoms with E-state index in [1.165, 1.54) is 0 Å². The van der Waals surface area contributed by atoms with Crippen molar-refractivity contribution in [2.24, 2.45) is 5.92 Å². The van der Waals surface area contributed by atoms with Crippen LogP contribution in [0.5, 0.6) is 5.75 Å². The molecule has 0 saturated carbocycles. The van der Waals surface area contributed by atoms with Gasteiger partial charge in [-0.25, -0.2) is 0 Å². The monoisotopic (exact) mass is 255 g/mol. The first-order valence-electron chi connectivity index (χ1n) is 6.17. The molecule has 0 saturated heterocycles. The molecule has 0 aromatic heterocycles. The molecule has 17 heavy (non-hydrogen) atoms. The van der Waals surface area contributed by atoms with E-state index in [1.807, 2.05) is 25.1 Å². The largest absolute Gasteiger partial charge is 0.492 e. The second kappa shape index (κ2) is 6.87. The highest BCUT2D eigenvalue weighted by Crippen LogP contribution is 2.21. The van der Waals surface area contributed by atoms with Gasteiger partial charge in [0.1, 0.15) is 12.4 Å². The first kappa shape index (κ1) is 14.3. The van der Waals surface area contributed by atoms with Crippen LogP contribution < -0.4 is 10.1 Å². The minimum Gasteiger partial charge on any atom is -0.492 e. The zero-order valence-electron chi connectivity index (χ0n) is 11.1. The molecule has 0 bridgehead atoms. The quantitative estimate of drug-likeness (QED) is 0.838. The van der Waals surface area contributed by atoms with Crippen LogP contribution in [0.2, 0.25) is 5.02 Å². The van der Waals surface area contributed by atoms with Crippen LogP contribution in [0.25, 0.3) is 0 Å². The fraction of sp³-hybridized carbons (Fsp3) is 0.571. The molecule has 0 radical (unpaired) electrons. The second-order valence-electron chi connectivity index (χ2n) is 4.63. The van der Waals surface area contributed by atoms with Crippen LogP contribution in [-0.2, 0) is 0 Å². The van der Waals surface area contributed by atoms with Gasteiger partial charge in [0.2, 0.25) is 0 Å². The van der Waals surface area contributed by atoms with E-state index in [2.05, 4.69) is 26.1 Å². The van der Waals surface area contributed by atoms with Crippen molar-refractivity contribution < 1.29 is 4.74 Å². The lowest BCUT2D eigenvalue weighted by molar-refractivity contribution is 0.232. The summed E-state index contributed by atoms with van der Waals surface area (Å²) in [6, 6.07) is 6.16. The Morgan fingerprint density at radius 1 is 1.35 bits per heavy atom. The lowest BCUT2D eigenvalue weighted by atomic mass is 10.1. The molecule has 0 aliphatic heterocycles. The van der Waals surface area contributed by atoms with Gasteiger partial charge in [-0.15, -0.1) is 0 Å². The molecule has 0 fully saturated rings. The van der Waals surface area contributed by atoms with E-state index < -0.39 is 0 Å². The van der Waals surface area contributed by atoms with Crippen LogP contribution >= 0.6 is 11.6 Å². The molecule has 0 aliphatic rings. The molecule has 3 heteroatoms. The summed E-state index contributed by atoms with van der Waals surface area (Å²) in [4.78, 5) is 0. The van der Waals surface area contributed by atoms with Gasteiger partial charge in [0.15, 0.2) is 0 Å². The van der Waals surface area contributed by atoms with Gasteiger partial charge in [0.05, 0.1) is 0 Å². The fourth-order valence-corrected chi connectivity index (χ4v) is 1.76. The van der Waals surface area contributed by atoms with Gasteiger partial charge >= 0.3 is 0 Å². The predicted molar refractivity (Wildman–Crippen MR) is 74.0 cm³/mol. The van der Waals surface area contributed by atoms with Crippen molar-refractivity contribution in [1.82, 2.24) is 5.32 Å². The predicted octanol–water partition coefficient (Wildman–Crippen LogP) is 3.66. The summed E-state index contributed by atoms with van der Waals surface area (Å²) in [6.45, 7) is 10.1. The molecule has 1 aromatic carbocycles. The maximum Gasteiger partial charge on any atom is 0.119 e. The zero-order valence-corrected chi connectivity index (χ0v) is 11.8. The molecule has 1 N–H and O–H groups in total. The lowest BCUT2D eigenvalue weighted by Crippen LogP contribution is -2.38. The summed E-state index contributed by atoms with van der Waals surface area (Å²) in [5.74, 6) is 1.44. The Labute approximate surface area is 109 Å². The Bertz CT molecular complexity index is 352. The van der Waals surface area contributed by atoms with Gasteiger partial charge in [-0.05, 0) is 43.1 Å². The Morgan fingerprint density at radius 2 is 2.06 bits per heavy atom. The standard InChI is InChI=1S/C14H22ClNO/c1-5-16-14(10(2)3)9-17-12-6-7-13(15)11(4)8-12/h6-8,10,14,16H,5,9H2,1-4H3. The Kier molecular flexibility index (Phi) is 5.79. The molecule has 0 spiro atoms. The number of nitrogens with one attached hydrogen (secondary N) is 1. The van der Waals surface area contributed by atoms with Gasteiger partial charge in [0, 0.05) is 11.1 Å². The van der Waals surface area contributed by atoms with E-state index in [1.54, 1.807) is 0 Å². The zero-order chi connectivity index (χ0) is 12.8. The number of rotatable bonds is 6. The van der Waals surface area contributed by atoms with E-state index in [9.17, 15) is 0 Å². The molecule has 1 rings (SSSR count). The summed E-state index contributed by atoms with van der Waals surface area (Å²) >= 11 is 5.98. The number of hydrogen-bond donors (Lipinski definition) is 1. The minimum atomic E-state index is 0.385. The van der Waals surface area contributed by atoms with Crippen molar-refractivity contribution in [2.75, 3.05) is 13.2 Å². The Hall–Kier alpha value is -0.730. The normalized spacial score (nSPS) is 12.8. The van der Waals surface area contributed by atoms with Crippen LogP contribution in [0.4, 0.5) is 0 Å². The first-order valence-corrected chi connectivity index (χ1v) is 6.54. The summed E-state index contributed by atoms with van der Waals surface area (Å²) in [6.07, 6.45) is 0. The third-order valence-corrected chi connectivity index (χ3v) is 3.25. The van der Waals surface area contributed by atoms with Crippen molar-refractivity contribution in [3.8, 4) is 5.75 Å². The third-order valence-electron chi connectivity index (χ3n) is 2.83. The van der Waals surface area contributed by atoms with Gasteiger partial charge in [0.25, 0.3) is 0 Å². The Morgan fingerprint density at radius 3 is 2.59 bits per heavy atom. The highest BCUT2D eigenvalue weighted by atomic mass is 35.5. The number of aryl methyl sites for hydroxylation is 1. The minimum absolute atomic E-state index is 0.385. The number of halogens is 1. The number of likely N-dealkylation sites (N-methyl/N-ethyl adjacent to an activating group) is 1. The molecule has 1 aromatic rings. The lowest BCUT2D eigenvalue weighted by Gasteiger charge is -2.22. The third kappa shape index (κ3) is 4.57. The Balaban J connectivity index is 2.56. The highest BCUT2D eigenvalue weighted by molar-refractivity contribution is 6.31. The van der Waals surface area contributed by atoms with Gasteiger partial charge < -0.3 is 10.1 Å². The number of benzene rings is 1. The number of ether oxygens (including phenoxy) is 1. The van der Waals surface area contributed by atoms with Gasteiger partial charge in [-0.1, -0.05) is 32.4 Å². The topological polar surface area (TPSA) is 21.3 Å². The van der Waals surface area contributed by atoms with E-state index in [0.717, 1.165) is 22.9 Å². The van der Waals surface area contributed by atoms with E-state index in [0.29, 0.717) is 18.6 Å². The molecule has 0 heterocycles. The molecule has 0 amide bonds. The molecule has 2 nitrogen and oxygen atoms in total. The summed E-state index contributed by atoms with van der Waals surface area (Å²) in [7, 11) is 0. The summed E-state index contributed by atoms with van der Waals surface area (Å²) < 4.78 is 5.80. The maximum atomic E-state index is 5.98. The second-order valence-corrected chi connectivity index (χ2v) is 5.04. The van der Waals surface area contributed by atoms with Gasteiger partial charge in [-0.3, -0.25) is 0 Å². The summed E-state index contributed by atoms with van der Waals surface area (Å²) in [5, 5.41) is 4.21. The van der Waals surface area contributed by atoms with Crippen LogP contribution in [0.15, 0.2) is 18.2 Å². The van der Waals surface area contributed by atoms with E-state index >= 15 is 0 Å². The van der Waals surface area contributed by atoms with Crippen LogP contribution in [0.1, 0.15) is 26.3 Å².